The number of nitrogens with zero attached hydrogens (tertiary/aromatic N) is 2. The van der Waals surface area contributed by atoms with Gasteiger partial charge in [0.15, 0.2) is 0 Å². The zero-order valence-corrected chi connectivity index (χ0v) is 16.0. The summed E-state index contributed by atoms with van der Waals surface area (Å²) in [5, 5.41) is 4.09. The molecule has 0 bridgehead atoms. The highest BCUT2D eigenvalue weighted by Crippen LogP contribution is 2.27. The Morgan fingerprint density at radius 2 is 1.81 bits per heavy atom. The number of nitrogens with one attached hydrogen (secondary N) is 1. The number of rotatable bonds is 3. The Balaban J connectivity index is 1.60. The monoisotopic (exact) mass is 359 g/mol. The van der Waals surface area contributed by atoms with Crippen molar-refractivity contribution < 1.29 is 4.79 Å². The Morgan fingerprint density at radius 1 is 1.00 bits per heavy atom. The van der Waals surface area contributed by atoms with Crippen LogP contribution in [-0.2, 0) is 0 Å². The molecular weight excluding hydrogens is 334 g/mol. The first-order chi connectivity index (χ1) is 13.1. The number of fused-ring (bicyclic) bond motifs is 1. The van der Waals surface area contributed by atoms with E-state index < -0.39 is 0 Å². The van der Waals surface area contributed by atoms with E-state index in [9.17, 15) is 4.79 Å². The molecule has 4 rings (SSSR count). The van der Waals surface area contributed by atoms with Crippen molar-refractivity contribution in [3.05, 3.63) is 65.2 Å². The molecule has 1 N–H and O–H groups in total. The topological polar surface area (TPSA) is 45.2 Å². The van der Waals surface area contributed by atoms with Gasteiger partial charge in [0.25, 0.3) is 5.91 Å². The Kier molecular flexibility index (Phi) is 4.80. The summed E-state index contributed by atoms with van der Waals surface area (Å²) in [6.07, 6.45) is 3.79. The highest BCUT2D eigenvalue weighted by atomic mass is 16.1. The van der Waals surface area contributed by atoms with Crippen LogP contribution in [0.3, 0.4) is 0 Å². The predicted octanol–water partition coefficient (Wildman–Crippen LogP) is 5.09. The molecule has 4 nitrogen and oxygen atoms in total. The van der Waals surface area contributed by atoms with Gasteiger partial charge in [-0.05, 0) is 75.1 Å². The lowest BCUT2D eigenvalue weighted by Gasteiger charge is -2.28. The van der Waals surface area contributed by atoms with Gasteiger partial charge >= 0.3 is 0 Å². The predicted molar refractivity (Wildman–Crippen MR) is 112 cm³/mol. The normalized spacial score (nSPS) is 14.4. The van der Waals surface area contributed by atoms with Gasteiger partial charge in [-0.25, -0.2) is 4.98 Å². The van der Waals surface area contributed by atoms with Crippen molar-refractivity contribution in [2.24, 2.45) is 0 Å². The maximum absolute atomic E-state index is 12.5. The van der Waals surface area contributed by atoms with Gasteiger partial charge in [-0.1, -0.05) is 17.7 Å². The summed E-state index contributed by atoms with van der Waals surface area (Å²) in [4.78, 5) is 19.8. The second kappa shape index (κ2) is 7.39. The minimum Gasteiger partial charge on any atom is -0.357 e. The number of carbonyl (C=O) groups excluding carboxylic acids is 1. The first-order valence-electron chi connectivity index (χ1n) is 9.64. The van der Waals surface area contributed by atoms with Crippen LogP contribution in [0.4, 0.5) is 11.5 Å². The molecule has 0 unspecified atom stereocenters. The van der Waals surface area contributed by atoms with E-state index in [1.807, 2.05) is 49.4 Å². The van der Waals surface area contributed by atoms with Gasteiger partial charge in [0.1, 0.15) is 5.82 Å². The van der Waals surface area contributed by atoms with Crippen molar-refractivity contribution in [2.45, 2.75) is 33.1 Å². The third-order valence-electron chi connectivity index (χ3n) is 5.22. The van der Waals surface area contributed by atoms with Gasteiger partial charge in [-0.2, -0.15) is 0 Å². The number of amides is 1. The molecule has 138 valence electrons. The van der Waals surface area contributed by atoms with Crippen molar-refractivity contribution >= 4 is 28.3 Å². The summed E-state index contributed by atoms with van der Waals surface area (Å²) in [5.74, 6) is 0.977. The Bertz CT molecular complexity index is 990. The van der Waals surface area contributed by atoms with Crippen molar-refractivity contribution in [3.63, 3.8) is 0 Å². The molecule has 0 aliphatic carbocycles. The summed E-state index contributed by atoms with van der Waals surface area (Å²) < 4.78 is 0. The van der Waals surface area contributed by atoms with Gasteiger partial charge in [0.05, 0.1) is 5.52 Å². The fourth-order valence-corrected chi connectivity index (χ4v) is 3.73. The molecule has 1 fully saturated rings. The summed E-state index contributed by atoms with van der Waals surface area (Å²) in [6, 6.07) is 15.7. The zero-order chi connectivity index (χ0) is 18.8. The first-order valence-corrected chi connectivity index (χ1v) is 9.64. The number of benzene rings is 2. The van der Waals surface area contributed by atoms with E-state index in [4.69, 9.17) is 4.98 Å². The average molecular weight is 359 g/mol. The van der Waals surface area contributed by atoms with E-state index in [1.54, 1.807) is 0 Å². The van der Waals surface area contributed by atoms with Gasteiger partial charge in [0, 0.05) is 29.7 Å². The van der Waals surface area contributed by atoms with Crippen molar-refractivity contribution in [2.75, 3.05) is 23.3 Å². The van der Waals surface area contributed by atoms with Crippen LogP contribution in [-0.4, -0.2) is 24.0 Å². The van der Waals surface area contributed by atoms with Crippen LogP contribution in [0.2, 0.25) is 0 Å². The Labute approximate surface area is 160 Å². The highest BCUT2D eigenvalue weighted by molar-refractivity contribution is 6.05. The SMILES string of the molecule is Cc1cccc(C(=O)Nc2ccc3nc(N4CCCCC4)cc(C)c3c2)c1. The molecule has 2 heterocycles. The molecule has 4 heteroatoms. The molecule has 0 spiro atoms. The fourth-order valence-electron chi connectivity index (χ4n) is 3.73. The van der Waals surface area contributed by atoms with Crippen LogP contribution in [0.1, 0.15) is 40.7 Å². The lowest BCUT2D eigenvalue weighted by molar-refractivity contribution is 0.102. The number of carbonyl (C=O) groups is 1. The zero-order valence-electron chi connectivity index (χ0n) is 16.0. The molecule has 2 aromatic carbocycles. The molecule has 1 saturated heterocycles. The second-order valence-electron chi connectivity index (χ2n) is 7.40. The van der Waals surface area contributed by atoms with E-state index >= 15 is 0 Å². The second-order valence-corrected chi connectivity index (χ2v) is 7.40. The van der Waals surface area contributed by atoms with Crippen molar-refractivity contribution in [1.82, 2.24) is 4.98 Å². The molecule has 3 aromatic rings. The first kappa shape index (κ1) is 17.5. The summed E-state index contributed by atoms with van der Waals surface area (Å²) in [5.41, 5.74) is 4.71. The third kappa shape index (κ3) is 3.80. The van der Waals surface area contributed by atoms with E-state index in [-0.39, 0.29) is 5.91 Å². The van der Waals surface area contributed by atoms with Gasteiger partial charge < -0.3 is 10.2 Å². The van der Waals surface area contributed by atoms with Gasteiger partial charge in [0.2, 0.25) is 0 Å². The number of piperidine rings is 1. The number of pyridine rings is 1. The van der Waals surface area contributed by atoms with Crippen LogP contribution in [0.25, 0.3) is 10.9 Å². The number of anilines is 2. The number of aromatic nitrogens is 1. The number of hydrogen-bond acceptors (Lipinski definition) is 3. The van der Waals surface area contributed by atoms with Crippen LogP contribution < -0.4 is 10.2 Å². The lowest BCUT2D eigenvalue weighted by Crippen LogP contribution is -2.30. The molecule has 0 saturated carbocycles. The van der Waals surface area contributed by atoms with E-state index in [0.717, 1.165) is 41.1 Å². The number of aryl methyl sites for hydroxylation is 2. The minimum atomic E-state index is -0.0893. The fraction of sp³-hybridized carbons (Fsp3) is 0.304. The average Bonchev–Trinajstić information content (AvgIpc) is 2.69. The molecule has 27 heavy (non-hydrogen) atoms. The summed E-state index contributed by atoms with van der Waals surface area (Å²) >= 11 is 0. The molecule has 1 aliphatic heterocycles. The largest absolute Gasteiger partial charge is 0.357 e. The van der Waals surface area contributed by atoms with Crippen LogP contribution in [0.5, 0.6) is 0 Å². The minimum absolute atomic E-state index is 0.0893. The molecule has 1 aromatic heterocycles. The van der Waals surface area contributed by atoms with Crippen molar-refractivity contribution in [1.29, 1.82) is 0 Å². The molecule has 1 amide bonds. The molecule has 0 radical (unpaired) electrons. The van der Waals surface area contributed by atoms with Crippen molar-refractivity contribution in [3.8, 4) is 0 Å². The summed E-state index contributed by atoms with van der Waals surface area (Å²) in [7, 11) is 0. The maximum atomic E-state index is 12.5. The highest BCUT2D eigenvalue weighted by Gasteiger charge is 2.14. The van der Waals surface area contributed by atoms with Crippen LogP contribution in [0.15, 0.2) is 48.5 Å². The Hall–Kier alpha value is -2.88. The van der Waals surface area contributed by atoms with E-state index in [2.05, 4.69) is 23.2 Å². The van der Waals surface area contributed by atoms with E-state index in [1.165, 1.54) is 24.8 Å². The summed E-state index contributed by atoms with van der Waals surface area (Å²) in [6.45, 7) is 6.27. The molecule has 0 atom stereocenters. The smallest absolute Gasteiger partial charge is 0.255 e. The lowest BCUT2D eigenvalue weighted by atomic mass is 10.1. The van der Waals surface area contributed by atoms with Crippen LogP contribution in [0, 0.1) is 13.8 Å². The Morgan fingerprint density at radius 3 is 2.59 bits per heavy atom. The third-order valence-corrected chi connectivity index (χ3v) is 5.22. The number of hydrogen-bond donors (Lipinski definition) is 1. The molecular formula is C23H25N3O. The standard InChI is InChI=1S/C23H25N3O/c1-16-7-6-8-18(13-16)23(27)24-19-9-10-21-20(15-19)17(2)14-22(25-21)26-11-4-3-5-12-26/h6-10,13-15H,3-5,11-12H2,1-2H3,(H,24,27). The van der Waals surface area contributed by atoms with Gasteiger partial charge in [-0.15, -0.1) is 0 Å². The quantitative estimate of drug-likeness (QED) is 0.708. The van der Waals surface area contributed by atoms with Gasteiger partial charge in [-0.3, -0.25) is 4.79 Å². The van der Waals surface area contributed by atoms with Crippen LogP contribution >= 0.6 is 0 Å². The molecule has 1 aliphatic rings. The maximum Gasteiger partial charge on any atom is 0.255 e. The van der Waals surface area contributed by atoms with E-state index in [0.29, 0.717) is 5.56 Å².